The van der Waals surface area contributed by atoms with Gasteiger partial charge in [-0.1, -0.05) is 33.1 Å². The Labute approximate surface area is 163 Å². The molecule has 1 N–H and O–H groups in total. The van der Waals surface area contributed by atoms with Gasteiger partial charge in [0.25, 0.3) is 5.91 Å². The maximum absolute atomic E-state index is 13.0. The minimum Gasteiger partial charge on any atom is -0.495 e. The van der Waals surface area contributed by atoms with E-state index >= 15 is 0 Å². The Morgan fingerprint density at radius 3 is 2.63 bits per heavy atom. The van der Waals surface area contributed by atoms with Crippen LogP contribution in [0.15, 0.2) is 23.1 Å². The average molecular weight is 397 g/mol. The fourth-order valence-corrected chi connectivity index (χ4v) is 5.07. The summed E-state index contributed by atoms with van der Waals surface area (Å²) >= 11 is 0. The van der Waals surface area contributed by atoms with Crippen LogP contribution in [0.5, 0.6) is 5.75 Å². The molecule has 1 aliphatic rings. The van der Waals surface area contributed by atoms with Gasteiger partial charge in [-0.2, -0.15) is 0 Å². The van der Waals surface area contributed by atoms with Gasteiger partial charge in [0.15, 0.2) is 0 Å². The van der Waals surface area contributed by atoms with Crippen molar-refractivity contribution in [3.63, 3.8) is 0 Å². The van der Waals surface area contributed by atoms with Gasteiger partial charge in [-0.25, -0.2) is 13.1 Å². The zero-order chi connectivity index (χ0) is 20.0. The number of carbonyl (C=O) groups is 1. The molecular weight excluding hydrogens is 364 g/mol. The zero-order valence-corrected chi connectivity index (χ0v) is 17.6. The van der Waals surface area contributed by atoms with Gasteiger partial charge < -0.3 is 9.64 Å². The third kappa shape index (κ3) is 5.45. The van der Waals surface area contributed by atoms with Crippen molar-refractivity contribution in [1.29, 1.82) is 0 Å². The molecule has 0 spiro atoms. The Kier molecular flexibility index (Phi) is 7.68. The first-order valence-corrected chi connectivity index (χ1v) is 11.2. The quantitative estimate of drug-likeness (QED) is 0.730. The molecular formula is C20H32N2O4S. The number of amides is 1. The molecule has 0 bridgehead atoms. The molecule has 0 heterocycles. The Bertz CT molecular complexity index is 748. The Hall–Kier alpha value is -1.60. The van der Waals surface area contributed by atoms with Crippen molar-refractivity contribution in [1.82, 2.24) is 9.62 Å². The lowest BCUT2D eigenvalue weighted by Crippen LogP contribution is -2.41. The fraction of sp³-hybridized carbons (Fsp3) is 0.650. The number of rotatable bonds is 8. The number of benzene rings is 1. The molecule has 0 radical (unpaired) electrons. The molecule has 1 amide bonds. The van der Waals surface area contributed by atoms with Crippen LogP contribution < -0.4 is 9.46 Å². The van der Waals surface area contributed by atoms with Crippen LogP contribution in [0.2, 0.25) is 0 Å². The van der Waals surface area contributed by atoms with Crippen LogP contribution in [0.3, 0.4) is 0 Å². The molecule has 152 valence electrons. The van der Waals surface area contributed by atoms with Gasteiger partial charge in [0.2, 0.25) is 10.0 Å². The summed E-state index contributed by atoms with van der Waals surface area (Å²) in [6, 6.07) is 4.52. The van der Waals surface area contributed by atoms with E-state index in [2.05, 4.69) is 18.6 Å². The Morgan fingerprint density at radius 2 is 2.00 bits per heavy atom. The standard InChI is InChI=1S/C20H32N2O4S/c1-5-6-13-22(3)20(23)16-11-12-18(26-4)19(14-16)27(24,25)21-17-10-8-7-9-15(17)2/h11-12,14-15,17,21H,5-10,13H2,1-4H3. The second-order valence-electron chi connectivity index (χ2n) is 7.44. The molecule has 27 heavy (non-hydrogen) atoms. The van der Waals surface area contributed by atoms with E-state index in [0.29, 0.717) is 18.0 Å². The number of hydrogen-bond donors (Lipinski definition) is 1. The monoisotopic (exact) mass is 396 g/mol. The molecule has 0 aliphatic heterocycles. The van der Waals surface area contributed by atoms with Gasteiger partial charge in [0, 0.05) is 25.2 Å². The molecule has 2 rings (SSSR count). The van der Waals surface area contributed by atoms with Crippen LogP contribution in [-0.4, -0.2) is 46.0 Å². The SMILES string of the molecule is CCCCN(C)C(=O)c1ccc(OC)c(S(=O)(=O)NC2CCCCC2C)c1. The van der Waals surface area contributed by atoms with Gasteiger partial charge in [-0.05, 0) is 43.4 Å². The fourth-order valence-electron chi connectivity index (χ4n) is 3.49. The van der Waals surface area contributed by atoms with E-state index in [1.165, 1.54) is 13.2 Å². The van der Waals surface area contributed by atoms with E-state index in [0.717, 1.165) is 38.5 Å². The predicted octanol–water partition coefficient (Wildman–Crippen LogP) is 3.42. The maximum Gasteiger partial charge on any atom is 0.253 e. The lowest BCUT2D eigenvalue weighted by atomic mass is 9.87. The summed E-state index contributed by atoms with van der Waals surface area (Å²) in [5.74, 6) is 0.358. The highest BCUT2D eigenvalue weighted by molar-refractivity contribution is 7.89. The first-order valence-electron chi connectivity index (χ1n) is 9.76. The molecule has 1 saturated carbocycles. The van der Waals surface area contributed by atoms with Crippen molar-refractivity contribution in [2.24, 2.45) is 5.92 Å². The lowest BCUT2D eigenvalue weighted by Gasteiger charge is -2.29. The normalized spacial score (nSPS) is 20.3. The molecule has 1 fully saturated rings. The average Bonchev–Trinajstić information content (AvgIpc) is 2.66. The molecule has 1 aliphatic carbocycles. The summed E-state index contributed by atoms with van der Waals surface area (Å²) < 4.78 is 34.1. The number of nitrogens with one attached hydrogen (secondary N) is 1. The summed E-state index contributed by atoms with van der Waals surface area (Å²) in [7, 11) is -0.609. The summed E-state index contributed by atoms with van der Waals surface area (Å²) in [6.07, 6.45) is 5.91. The van der Waals surface area contributed by atoms with Crippen LogP contribution in [-0.2, 0) is 10.0 Å². The predicted molar refractivity (Wildman–Crippen MR) is 107 cm³/mol. The molecule has 6 nitrogen and oxygen atoms in total. The van der Waals surface area contributed by atoms with E-state index in [9.17, 15) is 13.2 Å². The lowest BCUT2D eigenvalue weighted by molar-refractivity contribution is 0.0793. The molecule has 7 heteroatoms. The number of ether oxygens (including phenoxy) is 1. The van der Waals surface area contributed by atoms with Crippen LogP contribution in [0.25, 0.3) is 0 Å². The maximum atomic E-state index is 13.0. The highest BCUT2D eigenvalue weighted by atomic mass is 32.2. The van der Waals surface area contributed by atoms with Gasteiger partial charge >= 0.3 is 0 Å². The van der Waals surface area contributed by atoms with E-state index in [-0.39, 0.29) is 22.6 Å². The van der Waals surface area contributed by atoms with E-state index in [4.69, 9.17) is 4.74 Å². The second kappa shape index (κ2) is 9.55. The zero-order valence-electron chi connectivity index (χ0n) is 16.8. The van der Waals surface area contributed by atoms with Crippen molar-refractivity contribution < 1.29 is 17.9 Å². The minimum atomic E-state index is -3.78. The largest absolute Gasteiger partial charge is 0.495 e. The van der Waals surface area contributed by atoms with Crippen LogP contribution in [0.1, 0.15) is 62.7 Å². The minimum absolute atomic E-state index is 0.0255. The first-order chi connectivity index (χ1) is 12.8. The van der Waals surface area contributed by atoms with Crippen molar-refractivity contribution in [3.8, 4) is 5.75 Å². The molecule has 2 unspecified atom stereocenters. The van der Waals surface area contributed by atoms with Gasteiger partial charge in [0.1, 0.15) is 10.6 Å². The van der Waals surface area contributed by atoms with Crippen molar-refractivity contribution in [3.05, 3.63) is 23.8 Å². The van der Waals surface area contributed by atoms with Crippen LogP contribution in [0, 0.1) is 5.92 Å². The topological polar surface area (TPSA) is 75.7 Å². The highest BCUT2D eigenvalue weighted by Gasteiger charge is 2.29. The molecule has 1 aromatic rings. The number of methoxy groups -OCH3 is 1. The second-order valence-corrected chi connectivity index (χ2v) is 9.12. The summed E-state index contributed by atoms with van der Waals surface area (Å²) in [6.45, 7) is 4.78. The Morgan fingerprint density at radius 1 is 1.30 bits per heavy atom. The van der Waals surface area contributed by atoms with Gasteiger partial charge in [-0.3, -0.25) is 4.79 Å². The third-order valence-corrected chi connectivity index (χ3v) is 6.82. The van der Waals surface area contributed by atoms with E-state index in [1.807, 2.05) is 0 Å². The molecule has 0 aromatic heterocycles. The summed E-state index contributed by atoms with van der Waals surface area (Å²) in [4.78, 5) is 14.3. The number of sulfonamides is 1. The highest BCUT2D eigenvalue weighted by Crippen LogP contribution is 2.29. The van der Waals surface area contributed by atoms with E-state index in [1.54, 1.807) is 24.1 Å². The van der Waals surface area contributed by atoms with Gasteiger partial charge in [-0.15, -0.1) is 0 Å². The molecule has 1 aromatic carbocycles. The van der Waals surface area contributed by atoms with Crippen molar-refractivity contribution in [2.45, 2.75) is 63.3 Å². The summed E-state index contributed by atoms with van der Waals surface area (Å²) in [5, 5.41) is 0. The Balaban J connectivity index is 2.29. The third-order valence-electron chi connectivity index (χ3n) is 5.31. The first kappa shape index (κ1) is 21.7. The number of unbranched alkanes of at least 4 members (excludes halogenated alkanes) is 1. The van der Waals surface area contributed by atoms with Crippen LogP contribution in [0.4, 0.5) is 0 Å². The summed E-state index contributed by atoms with van der Waals surface area (Å²) in [5.41, 5.74) is 0.353. The molecule has 0 saturated heterocycles. The number of nitrogens with zero attached hydrogens (tertiary/aromatic N) is 1. The van der Waals surface area contributed by atoms with E-state index < -0.39 is 10.0 Å². The van der Waals surface area contributed by atoms with Gasteiger partial charge in [0.05, 0.1) is 7.11 Å². The van der Waals surface area contributed by atoms with Crippen LogP contribution >= 0.6 is 0 Å². The smallest absolute Gasteiger partial charge is 0.253 e. The molecule has 2 atom stereocenters. The van der Waals surface area contributed by atoms with Crippen molar-refractivity contribution in [2.75, 3.05) is 20.7 Å². The number of hydrogen-bond acceptors (Lipinski definition) is 4. The van der Waals surface area contributed by atoms with Crippen molar-refractivity contribution >= 4 is 15.9 Å². The number of carbonyl (C=O) groups excluding carboxylic acids is 1.